The number of nitrogens with zero attached hydrogens (tertiary/aromatic N) is 3. The number of benzene rings is 3. The number of aromatic nitrogens is 1. The molecule has 0 aliphatic heterocycles. The van der Waals surface area contributed by atoms with E-state index < -0.39 is 11.9 Å². The highest BCUT2D eigenvalue weighted by molar-refractivity contribution is 8.00. The SMILES string of the molecule is O=C(O)CN(Cc1cn(SF)c2cccc(N(CC(=O)O)Sc3ccc(O)cc3)c12)Sc1ccc(O)cc1. The Labute approximate surface area is 230 Å². The van der Waals surface area contributed by atoms with Crippen molar-refractivity contribution in [1.29, 1.82) is 0 Å². The fourth-order valence-corrected chi connectivity index (χ4v) is 6.01. The fourth-order valence-electron chi connectivity index (χ4n) is 3.74. The van der Waals surface area contributed by atoms with E-state index in [0.717, 1.165) is 11.9 Å². The van der Waals surface area contributed by atoms with Crippen molar-refractivity contribution in [2.45, 2.75) is 16.3 Å². The minimum atomic E-state index is -1.08. The zero-order chi connectivity index (χ0) is 27.2. The van der Waals surface area contributed by atoms with Crippen molar-refractivity contribution in [1.82, 2.24) is 8.28 Å². The number of anilines is 1. The van der Waals surface area contributed by atoms with E-state index in [9.17, 15) is 33.9 Å². The van der Waals surface area contributed by atoms with Crippen LogP contribution < -0.4 is 4.31 Å². The second-order valence-corrected chi connectivity index (χ2v) is 10.8. The number of fused-ring (bicyclic) bond motifs is 1. The number of aliphatic carboxylic acids is 2. The molecule has 0 atom stereocenters. The first-order chi connectivity index (χ1) is 18.2. The first-order valence-electron chi connectivity index (χ1n) is 11.1. The molecular formula is C25H22FN3O6S3. The molecule has 0 unspecified atom stereocenters. The van der Waals surface area contributed by atoms with Gasteiger partial charge in [-0.15, -0.1) is 3.89 Å². The Balaban J connectivity index is 1.76. The molecule has 0 amide bonds. The van der Waals surface area contributed by atoms with Crippen molar-refractivity contribution >= 4 is 64.8 Å². The first-order valence-corrected chi connectivity index (χ1v) is 13.3. The summed E-state index contributed by atoms with van der Waals surface area (Å²) in [5.41, 5.74) is 1.60. The summed E-state index contributed by atoms with van der Waals surface area (Å²) in [4.78, 5) is 24.8. The standard InChI is InChI=1S/C25H22FN3O6S3/c26-38-29-13-16(12-27(14-23(32)33)36-19-8-4-17(30)5-9-19)25-21(2-1-3-22(25)29)28(15-24(34)35)37-20-10-6-18(31)7-11-20/h1-11,13,30-31H,12,14-15H2,(H,32,33)(H,34,35). The Hall–Kier alpha value is -3.52. The van der Waals surface area contributed by atoms with Crippen LogP contribution in [-0.2, 0) is 16.1 Å². The van der Waals surface area contributed by atoms with Crippen molar-refractivity contribution in [2.24, 2.45) is 0 Å². The lowest BCUT2D eigenvalue weighted by atomic mass is 10.1. The van der Waals surface area contributed by atoms with Gasteiger partial charge in [0.15, 0.2) is 12.3 Å². The Bertz CT molecular complexity index is 1430. The van der Waals surface area contributed by atoms with Crippen LogP contribution in [0.3, 0.4) is 0 Å². The van der Waals surface area contributed by atoms with E-state index in [1.807, 2.05) is 0 Å². The highest BCUT2D eigenvalue weighted by atomic mass is 32.2. The average molecular weight is 576 g/mol. The van der Waals surface area contributed by atoms with E-state index >= 15 is 0 Å². The van der Waals surface area contributed by atoms with Gasteiger partial charge in [0, 0.05) is 27.9 Å². The van der Waals surface area contributed by atoms with E-state index in [0.29, 0.717) is 31.9 Å². The molecule has 198 valence electrons. The second-order valence-electron chi connectivity index (χ2n) is 8.01. The Kier molecular flexibility index (Phi) is 8.94. The topological polar surface area (TPSA) is 126 Å². The van der Waals surface area contributed by atoms with Gasteiger partial charge in [0.05, 0.1) is 11.2 Å². The number of hydrogen-bond donors (Lipinski definition) is 4. The molecule has 0 spiro atoms. The summed E-state index contributed by atoms with van der Waals surface area (Å²) in [6.07, 6.45) is 1.56. The molecule has 0 radical (unpaired) electrons. The van der Waals surface area contributed by atoms with Gasteiger partial charge in [-0.3, -0.25) is 13.6 Å². The van der Waals surface area contributed by atoms with Crippen molar-refractivity contribution < 1.29 is 33.9 Å². The number of rotatable bonds is 12. The number of phenols is 2. The van der Waals surface area contributed by atoms with Gasteiger partial charge < -0.3 is 24.7 Å². The summed E-state index contributed by atoms with van der Waals surface area (Å²) >= 11 is 2.30. The van der Waals surface area contributed by atoms with Crippen LogP contribution in [0.2, 0.25) is 0 Å². The Morgan fingerprint density at radius 3 is 1.95 bits per heavy atom. The summed E-state index contributed by atoms with van der Waals surface area (Å²) in [6, 6.07) is 17.7. The number of carboxylic acid groups (broad SMARTS) is 2. The number of halogens is 1. The maximum absolute atomic E-state index is 13.9. The summed E-state index contributed by atoms with van der Waals surface area (Å²) in [7, 11) is 0. The van der Waals surface area contributed by atoms with Crippen LogP contribution in [0.15, 0.2) is 82.7 Å². The zero-order valence-electron chi connectivity index (χ0n) is 19.6. The monoisotopic (exact) mass is 575 g/mol. The van der Waals surface area contributed by atoms with Crippen LogP contribution in [0.5, 0.6) is 11.5 Å². The highest BCUT2D eigenvalue weighted by Gasteiger charge is 2.23. The van der Waals surface area contributed by atoms with Gasteiger partial charge in [0.2, 0.25) is 0 Å². The largest absolute Gasteiger partial charge is 0.508 e. The quantitative estimate of drug-likeness (QED) is 0.157. The van der Waals surface area contributed by atoms with Gasteiger partial charge in [0.1, 0.15) is 24.6 Å². The number of carbonyl (C=O) groups is 2. The lowest BCUT2D eigenvalue weighted by Crippen LogP contribution is -2.24. The molecule has 4 N–H and O–H groups in total. The summed E-state index contributed by atoms with van der Waals surface area (Å²) in [5.74, 6) is -1.98. The van der Waals surface area contributed by atoms with Crippen LogP contribution in [0.1, 0.15) is 5.56 Å². The van der Waals surface area contributed by atoms with Crippen LogP contribution >= 0.6 is 36.2 Å². The molecule has 13 heteroatoms. The highest BCUT2D eigenvalue weighted by Crippen LogP contribution is 2.40. The molecule has 0 saturated carbocycles. The molecule has 0 fully saturated rings. The molecule has 0 saturated heterocycles. The minimum Gasteiger partial charge on any atom is -0.508 e. The van der Waals surface area contributed by atoms with Gasteiger partial charge in [-0.25, -0.2) is 4.31 Å². The lowest BCUT2D eigenvalue weighted by molar-refractivity contribution is -0.137. The number of aromatic hydroxyl groups is 2. The molecule has 4 rings (SSSR count). The van der Waals surface area contributed by atoms with Crippen LogP contribution in [0, 0.1) is 0 Å². The summed E-state index contributed by atoms with van der Waals surface area (Å²) in [5, 5.41) is 38.9. The molecule has 0 aliphatic rings. The number of hydrogen-bond acceptors (Lipinski definition) is 9. The van der Waals surface area contributed by atoms with E-state index in [2.05, 4.69) is 0 Å². The third kappa shape index (κ3) is 6.86. The van der Waals surface area contributed by atoms with Gasteiger partial charge in [0.25, 0.3) is 0 Å². The van der Waals surface area contributed by atoms with E-state index in [1.54, 1.807) is 57.3 Å². The normalized spacial score (nSPS) is 11.2. The van der Waals surface area contributed by atoms with Gasteiger partial charge in [-0.2, -0.15) is 0 Å². The smallest absolute Gasteiger partial charge is 0.324 e. The second kappa shape index (κ2) is 12.3. The van der Waals surface area contributed by atoms with Gasteiger partial charge in [-0.1, -0.05) is 6.07 Å². The van der Waals surface area contributed by atoms with Gasteiger partial charge in [-0.05, 0) is 90.1 Å². The molecule has 1 aromatic heterocycles. The number of phenolic OH excluding ortho intramolecular Hbond substituents is 2. The minimum absolute atomic E-state index is 0.0166. The summed E-state index contributed by atoms with van der Waals surface area (Å²) < 4.78 is 18.4. The number of carboxylic acids is 2. The first kappa shape index (κ1) is 27.5. The molecule has 38 heavy (non-hydrogen) atoms. The van der Waals surface area contributed by atoms with Crippen LogP contribution in [0.4, 0.5) is 9.57 Å². The van der Waals surface area contributed by atoms with E-state index in [4.69, 9.17) is 0 Å². The zero-order valence-corrected chi connectivity index (χ0v) is 22.0. The van der Waals surface area contributed by atoms with E-state index in [-0.39, 0.29) is 43.5 Å². The van der Waals surface area contributed by atoms with Crippen LogP contribution in [0.25, 0.3) is 10.9 Å². The Morgan fingerprint density at radius 1 is 0.816 bits per heavy atom. The lowest BCUT2D eigenvalue weighted by Gasteiger charge is -2.24. The van der Waals surface area contributed by atoms with Crippen LogP contribution in [-0.4, -0.2) is 53.7 Å². The maximum Gasteiger partial charge on any atom is 0.324 e. The summed E-state index contributed by atoms with van der Waals surface area (Å²) in [6.45, 7) is -0.604. The predicted octanol–water partition coefficient (Wildman–Crippen LogP) is 5.63. The molecule has 0 bridgehead atoms. The molecule has 0 aliphatic carbocycles. The third-order valence-corrected chi connectivity index (χ3v) is 7.74. The molecule has 3 aromatic carbocycles. The molecule has 9 nitrogen and oxygen atoms in total. The molecule has 1 heterocycles. The van der Waals surface area contributed by atoms with Crippen molar-refractivity contribution in [2.75, 3.05) is 17.4 Å². The fraction of sp³-hybridized carbons (Fsp3) is 0.120. The maximum atomic E-state index is 13.9. The molecule has 4 aromatic rings. The third-order valence-electron chi connectivity index (χ3n) is 5.26. The van der Waals surface area contributed by atoms with E-state index in [1.165, 1.54) is 40.2 Å². The molecular weight excluding hydrogens is 553 g/mol. The van der Waals surface area contributed by atoms with Crippen molar-refractivity contribution in [3.8, 4) is 11.5 Å². The predicted molar refractivity (Wildman–Crippen MR) is 147 cm³/mol. The van der Waals surface area contributed by atoms with Crippen molar-refractivity contribution in [3.63, 3.8) is 0 Å². The average Bonchev–Trinajstić information content (AvgIpc) is 3.23. The van der Waals surface area contributed by atoms with Crippen molar-refractivity contribution in [3.05, 3.63) is 78.5 Å². The van der Waals surface area contributed by atoms with Gasteiger partial charge >= 0.3 is 11.9 Å². The Morgan fingerprint density at radius 2 is 1.39 bits per heavy atom.